The molecule has 2 rings (SSSR count). The van der Waals surface area contributed by atoms with Gasteiger partial charge in [0, 0.05) is 32.0 Å². The molecule has 0 saturated heterocycles. The first-order valence-electron chi connectivity index (χ1n) is 7.04. The number of carbonyl (C=O) groups excluding carboxylic acids is 1. The smallest absolute Gasteiger partial charge is 0.271 e. The van der Waals surface area contributed by atoms with E-state index in [2.05, 4.69) is 25.8 Å². The Morgan fingerprint density at radius 3 is 2.73 bits per heavy atom. The van der Waals surface area contributed by atoms with E-state index in [-0.39, 0.29) is 5.91 Å². The van der Waals surface area contributed by atoms with Gasteiger partial charge in [-0.1, -0.05) is 6.07 Å². The summed E-state index contributed by atoms with van der Waals surface area (Å²) in [6.07, 6.45) is 3.51. The Bertz CT molecular complexity index is 585. The van der Waals surface area contributed by atoms with Crippen LogP contribution in [0.4, 0.5) is 5.82 Å². The molecule has 0 spiro atoms. The third-order valence-corrected chi connectivity index (χ3v) is 2.94. The highest BCUT2D eigenvalue weighted by atomic mass is 16.1. The maximum atomic E-state index is 11.9. The Labute approximate surface area is 129 Å². The molecule has 2 aromatic heterocycles. The van der Waals surface area contributed by atoms with Gasteiger partial charge in [-0.25, -0.2) is 0 Å². The van der Waals surface area contributed by atoms with E-state index in [0.717, 1.165) is 12.1 Å². The molecule has 0 aliphatic rings. The van der Waals surface area contributed by atoms with Gasteiger partial charge in [-0.2, -0.15) is 0 Å². The molecule has 0 aliphatic heterocycles. The van der Waals surface area contributed by atoms with Crippen LogP contribution < -0.4 is 10.6 Å². The zero-order valence-electron chi connectivity index (χ0n) is 12.8. The van der Waals surface area contributed by atoms with Gasteiger partial charge in [-0.3, -0.25) is 9.78 Å². The summed E-state index contributed by atoms with van der Waals surface area (Å²) in [7, 11) is 3.91. The van der Waals surface area contributed by atoms with E-state index in [4.69, 9.17) is 0 Å². The van der Waals surface area contributed by atoms with Crippen LogP contribution in [-0.2, 0) is 6.54 Å². The summed E-state index contributed by atoms with van der Waals surface area (Å²) >= 11 is 0. The van der Waals surface area contributed by atoms with Crippen molar-refractivity contribution in [3.63, 3.8) is 0 Å². The Balaban J connectivity index is 1.83. The molecule has 0 radical (unpaired) electrons. The van der Waals surface area contributed by atoms with Crippen molar-refractivity contribution in [3.8, 4) is 0 Å². The van der Waals surface area contributed by atoms with Crippen LogP contribution in [0.5, 0.6) is 0 Å². The summed E-state index contributed by atoms with van der Waals surface area (Å²) in [5.41, 5.74) is 1.36. The Morgan fingerprint density at radius 2 is 2.09 bits per heavy atom. The van der Waals surface area contributed by atoms with Crippen molar-refractivity contribution < 1.29 is 4.79 Å². The lowest BCUT2D eigenvalue weighted by molar-refractivity contribution is 0.0945. The second kappa shape index (κ2) is 8.04. The van der Waals surface area contributed by atoms with Crippen molar-refractivity contribution in [2.75, 3.05) is 32.5 Å². The highest BCUT2D eigenvalue weighted by molar-refractivity contribution is 5.92. The van der Waals surface area contributed by atoms with Crippen LogP contribution in [-0.4, -0.2) is 53.2 Å². The molecule has 0 atom stereocenters. The fourth-order valence-electron chi connectivity index (χ4n) is 1.73. The van der Waals surface area contributed by atoms with E-state index in [0.29, 0.717) is 24.6 Å². The number of likely N-dealkylation sites (N-methyl/N-ethyl adjacent to an activating group) is 1. The van der Waals surface area contributed by atoms with Crippen LogP contribution in [0, 0.1) is 0 Å². The quantitative estimate of drug-likeness (QED) is 0.786. The molecule has 2 N–H and O–H groups in total. The largest absolute Gasteiger partial charge is 0.364 e. The van der Waals surface area contributed by atoms with Crippen molar-refractivity contribution in [2.24, 2.45) is 0 Å². The van der Waals surface area contributed by atoms with E-state index in [1.54, 1.807) is 24.5 Å². The zero-order chi connectivity index (χ0) is 15.8. The van der Waals surface area contributed by atoms with Gasteiger partial charge in [0.05, 0.1) is 0 Å². The molecule has 0 bridgehead atoms. The maximum absolute atomic E-state index is 11.9. The molecular formula is C15H20N6O. The topological polar surface area (TPSA) is 83.0 Å². The molecule has 0 aromatic carbocycles. The van der Waals surface area contributed by atoms with E-state index < -0.39 is 0 Å². The van der Waals surface area contributed by atoms with Crippen LogP contribution in [0.1, 0.15) is 16.1 Å². The zero-order valence-corrected chi connectivity index (χ0v) is 12.8. The first kappa shape index (κ1) is 15.8. The van der Waals surface area contributed by atoms with E-state index in [1.165, 1.54) is 0 Å². The van der Waals surface area contributed by atoms with E-state index in [9.17, 15) is 4.79 Å². The number of hydrogen-bond acceptors (Lipinski definition) is 6. The van der Waals surface area contributed by atoms with Crippen LogP contribution in [0.15, 0.2) is 36.7 Å². The predicted molar refractivity (Wildman–Crippen MR) is 84.5 cm³/mol. The van der Waals surface area contributed by atoms with Crippen molar-refractivity contribution in [2.45, 2.75) is 6.54 Å². The third-order valence-electron chi connectivity index (χ3n) is 2.94. The second-order valence-corrected chi connectivity index (χ2v) is 5.08. The van der Waals surface area contributed by atoms with E-state index >= 15 is 0 Å². The van der Waals surface area contributed by atoms with Crippen molar-refractivity contribution in [1.82, 2.24) is 25.4 Å². The predicted octanol–water partition coefficient (Wildman–Crippen LogP) is 0.775. The molecule has 22 heavy (non-hydrogen) atoms. The molecule has 116 valence electrons. The minimum atomic E-state index is -0.215. The third kappa shape index (κ3) is 5.10. The second-order valence-electron chi connectivity index (χ2n) is 5.08. The fourth-order valence-corrected chi connectivity index (χ4v) is 1.73. The summed E-state index contributed by atoms with van der Waals surface area (Å²) in [4.78, 5) is 17.9. The van der Waals surface area contributed by atoms with Gasteiger partial charge in [0.1, 0.15) is 5.82 Å². The SMILES string of the molecule is CN(C)CCNC(=O)c1ccc(NCc2cccnc2)nn1. The number of nitrogens with zero attached hydrogens (tertiary/aromatic N) is 4. The van der Waals surface area contributed by atoms with Crippen molar-refractivity contribution in [1.29, 1.82) is 0 Å². The normalized spacial score (nSPS) is 10.5. The van der Waals surface area contributed by atoms with Crippen LogP contribution in [0.2, 0.25) is 0 Å². The molecule has 2 heterocycles. The first-order valence-corrected chi connectivity index (χ1v) is 7.04. The number of anilines is 1. The number of pyridine rings is 1. The average Bonchev–Trinajstić information content (AvgIpc) is 2.54. The van der Waals surface area contributed by atoms with Crippen LogP contribution in [0.3, 0.4) is 0 Å². The summed E-state index contributed by atoms with van der Waals surface area (Å²) in [6, 6.07) is 7.25. The van der Waals surface area contributed by atoms with Gasteiger partial charge >= 0.3 is 0 Å². The molecule has 0 unspecified atom stereocenters. The maximum Gasteiger partial charge on any atom is 0.271 e. The standard InChI is InChI=1S/C15H20N6O/c1-21(2)9-8-17-15(22)13-5-6-14(20-19-13)18-11-12-4-3-7-16-10-12/h3-7,10H,8-9,11H2,1-2H3,(H,17,22)(H,18,20). The number of carbonyl (C=O) groups is 1. The molecule has 0 saturated carbocycles. The minimum Gasteiger partial charge on any atom is -0.364 e. The number of hydrogen-bond donors (Lipinski definition) is 2. The Morgan fingerprint density at radius 1 is 1.23 bits per heavy atom. The number of amides is 1. The van der Waals surface area contributed by atoms with E-state index in [1.807, 2.05) is 31.1 Å². The number of nitrogens with one attached hydrogen (secondary N) is 2. The van der Waals surface area contributed by atoms with Crippen molar-refractivity contribution in [3.05, 3.63) is 47.9 Å². The van der Waals surface area contributed by atoms with Gasteiger partial charge in [0.15, 0.2) is 5.69 Å². The van der Waals surface area contributed by atoms with Crippen LogP contribution in [0.25, 0.3) is 0 Å². The highest BCUT2D eigenvalue weighted by Gasteiger charge is 2.07. The molecule has 2 aromatic rings. The molecular weight excluding hydrogens is 280 g/mol. The molecule has 7 nitrogen and oxygen atoms in total. The van der Waals surface area contributed by atoms with Gasteiger partial charge in [0.25, 0.3) is 5.91 Å². The number of rotatable bonds is 7. The monoisotopic (exact) mass is 300 g/mol. The molecule has 0 fully saturated rings. The number of aromatic nitrogens is 3. The molecule has 0 aliphatic carbocycles. The van der Waals surface area contributed by atoms with Gasteiger partial charge in [-0.15, -0.1) is 10.2 Å². The Kier molecular flexibility index (Phi) is 5.79. The molecule has 7 heteroatoms. The summed E-state index contributed by atoms with van der Waals surface area (Å²) < 4.78 is 0. The van der Waals surface area contributed by atoms with Gasteiger partial charge < -0.3 is 15.5 Å². The average molecular weight is 300 g/mol. The van der Waals surface area contributed by atoms with Crippen molar-refractivity contribution >= 4 is 11.7 Å². The summed E-state index contributed by atoms with van der Waals surface area (Å²) in [5, 5.41) is 13.9. The summed E-state index contributed by atoms with van der Waals surface area (Å²) in [5.74, 6) is 0.404. The lowest BCUT2D eigenvalue weighted by atomic mass is 10.3. The lowest BCUT2D eigenvalue weighted by Gasteiger charge is -2.10. The Hall–Kier alpha value is -2.54. The highest BCUT2D eigenvalue weighted by Crippen LogP contribution is 2.05. The first-order chi connectivity index (χ1) is 10.6. The van der Waals surface area contributed by atoms with Gasteiger partial charge in [-0.05, 0) is 37.9 Å². The van der Waals surface area contributed by atoms with Crippen LogP contribution >= 0.6 is 0 Å². The summed E-state index contributed by atoms with van der Waals surface area (Å²) in [6.45, 7) is 1.97. The molecule has 1 amide bonds. The minimum absolute atomic E-state index is 0.215. The fraction of sp³-hybridized carbons (Fsp3) is 0.333. The lowest BCUT2D eigenvalue weighted by Crippen LogP contribution is -2.31. The van der Waals surface area contributed by atoms with Gasteiger partial charge in [0.2, 0.25) is 0 Å².